The van der Waals surface area contributed by atoms with E-state index in [9.17, 15) is 4.21 Å². The summed E-state index contributed by atoms with van der Waals surface area (Å²) in [6, 6.07) is 0.0134. The lowest BCUT2D eigenvalue weighted by Gasteiger charge is -2.36. The first-order valence-corrected chi connectivity index (χ1v) is 7.34. The Morgan fingerprint density at radius 1 is 1.56 bits per heavy atom. The average Bonchev–Trinajstić information content (AvgIpc) is 2.65. The molecule has 0 amide bonds. The monoisotopic (exact) mass is 247 g/mol. The molecule has 5 heteroatoms. The number of rotatable bonds is 3. The second kappa shape index (κ2) is 5.12. The Hall–Kier alpha value is 0.0300. The Balaban J connectivity index is 1.93. The fraction of sp³-hybridized carbons (Fsp3) is 1.00. The lowest BCUT2D eigenvalue weighted by atomic mass is 9.93. The summed E-state index contributed by atoms with van der Waals surface area (Å²) in [4.78, 5) is 0. The van der Waals surface area contributed by atoms with Crippen molar-refractivity contribution < 1.29 is 13.7 Å². The molecule has 2 saturated heterocycles. The van der Waals surface area contributed by atoms with Crippen LogP contribution in [-0.4, -0.2) is 46.7 Å². The summed E-state index contributed by atoms with van der Waals surface area (Å²) in [5, 5.41) is 0.237. The zero-order valence-corrected chi connectivity index (χ0v) is 10.6. The highest BCUT2D eigenvalue weighted by atomic mass is 32.2. The van der Waals surface area contributed by atoms with Crippen LogP contribution in [0.4, 0.5) is 0 Å². The normalized spacial score (nSPS) is 38.8. The van der Waals surface area contributed by atoms with Crippen molar-refractivity contribution in [2.75, 3.05) is 25.6 Å². The van der Waals surface area contributed by atoms with Gasteiger partial charge >= 0.3 is 0 Å². The molecule has 16 heavy (non-hydrogen) atoms. The van der Waals surface area contributed by atoms with E-state index in [4.69, 9.17) is 15.2 Å². The van der Waals surface area contributed by atoms with Crippen LogP contribution in [0.15, 0.2) is 0 Å². The van der Waals surface area contributed by atoms with Gasteiger partial charge in [0.05, 0.1) is 12.2 Å². The van der Waals surface area contributed by atoms with Gasteiger partial charge in [-0.25, -0.2) is 0 Å². The summed E-state index contributed by atoms with van der Waals surface area (Å²) in [6.07, 6.45) is 2.70. The zero-order chi connectivity index (χ0) is 11.6. The number of hydrogen-bond acceptors (Lipinski definition) is 4. The highest BCUT2D eigenvalue weighted by Gasteiger charge is 2.42. The fourth-order valence-corrected chi connectivity index (χ4v) is 4.10. The molecule has 0 bridgehead atoms. The molecule has 2 aliphatic heterocycles. The van der Waals surface area contributed by atoms with Crippen molar-refractivity contribution in [2.45, 2.75) is 43.1 Å². The van der Waals surface area contributed by atoms with Crippen LogP contribution in [-0.2, 0) is 20.3 Å². The van der Waals surface area contributed by atoms with E-state index in [0.29, 0.717) is 19.0 Å². The SMILES string of the molecule is CC(N)CS(=O)C1CCOC2(CCOC2)C1. The molecule has 0 aromatic heterocycles. The maximum Gasteiger partial charge on any atom is 0.0948 e. The van der Waals surface area contributed by atoms with Crippen LogP contribution in [0.1, 0.15) is 26.2 Å². The zero-order valence-electron chi connectivity index (χ0n) is 9.81. The first-order valence-electron chi connectivity index (χ1n) is 5.96. The molecule has 2 rings (SSSR count). The molecule has 1 spiro atoms. The van der Waals surface area contributed by atoms with E-state index in [-0.39, 0.29) is 16.9 Å². The predicted octanol–water partition coefficient (Wildman–Crippen LogP) is 0.420. The molecule has 0 saturated carbocycles. The molecule has 0 aliphatic carbocycles. The van der Waals surface area contributed by atoms with Gasteiger partial charge in [0.2, 0.25) is 0 Å². The minimum atomic E-state index is -0.819. The van der Waals surface area contributed by atoms with Gasteiger partial charge in [0.1, 0.15) is 0 Å². The van der Waals surface area contributed by atoms with Crippen molar-refractivity contribution >= 4 is 10.8 Å². The van der Waals surface area contributed by atoms with Gasteiger partial charge in [-0.2, -0.15) is 0 Å². The van der Waals surface area contributed by atoms with Gasteiger partial charge in [-0.15, -0.1) is 0 Å². The Morgan fingerprint density at radius 2 is 2.38 bits per heavy atom. The van der Waals surface area contributed by atoms with E-state index in [1.807, 2.05) is 6.92 Å². The van der Waals surface area contributed by atoms with Crippen molar-refractivity contribution in [3.8, 4) is 0 Å². The number of ether oxygens (including phenoxy) is 2. The van der Waals surface area contributed by atoms with Crippen molar-refractivity contribution in [3.63, 3.8) is 0 Å². The second-order valence-corrected chi connectivity index (χ2v) is 6.74. The van der Waals surface area contributed by atoms with Gasteiger partial charge in [0, 0.05) is 47.5 Å². The summed E-state index contributed by atoms with van der Waals surface area (Å²) in [5.74, 6) is 0.599. The molecule has 2 N–H and O–H groups in total. The van der Waals surface area contributed by atoms with Crippen LogP contribution in [0.2, 0.25) is 0 Å². The van der Waals surface area contributed by atoms with E-state index in [1.54, 1.807) is 0 Å². The van der Waals surface area contributed by atoms with Crippen LogP contribution in [0, 0.1) is 0 Å². The first-order chi connectivity index (χ1) is 7.61. The molecule has 0 aromatic carbocycles. The molecule has 4 unspecified atom stereocenters. The topological polar surface area (TPSA) is 61.6 Å². The molecular formula is C11H21NO3S. The quantitative estimate of drug-likeness (QED) is 0.785. The summed E-state index contributed by atoms with van der Waals surface area (Å²) < 4.78 is 23.3. The minimum absolute atomic E-state index is 0.0134. The van der Waals surface area contributed by atoms with Gasteiger partial charge in [-0.3, -0.25) is 4.21 Å². The Morgan fingerprint density at radius 3 is 3.00 bits per heavy atom. The Bertz CT molecular complexity index is 264. The largest absolute Gasteiger partial charge is 0.378 e. The van der Waals surface area contributed by atoms with Gasteiger partial charge in [0.15, 0.2) is 0 Å². The Labute approximate surface area is 99.3 Å². The fourth-order valence-electron chi connectivity index (χ4n) is 2.47. The molecule has 4 atom stereocenters. The van der Waals surface area contributed by atoms with Gasteiger partial charge in [-0.05, 0) is 19.8 Å². The maximum absolute atomic E-state index is 12.1. The molecule has 4 nitrogen and oxygen atoms in total. The van der Waals surface area contributed by atoms with E-state index < -0.39 is 10.8 Å². The molecule has 0 aromatic rings. The average molecular weight is 247 g/mol. The highest BCUT2D eigenvalue weighted by molar-refractivity contribution is 7.85. The van der Waals surface area contributed by atoms with Crippen molar-refractivity contribution in [1.82, 2.24) is 0 Å². The van der Waals surface area contributed by atoms with Gasteiger partial charge in [-0.1, -0.05) is 0 Å². The minimum Gasteiger partial charge on any atom is -0.378 e. The maximum atomic E-state index is 12.1. The molecular weight excluding hydrogens is 226 g/mol. The molecule has 2 aliphatic rings. The number of hydrogen-bond donors (Lipinski definition) is 1. The van der Waals surface area contributed by atoms with Gasteiger partial charge in [0.25, 0.3) is 0 Å². The van der Waals surface area contributed by atoms with Crippen LogP contribution in [0.5, 0.6) is 0 Å². The smallest absolute Gasteiger partial charge is 0.0948 e. The van der Waals surface area contributed by atoms with E-state index >= 15 is 0 Å². The molecule has 0 radical (unpaired) electrons. The van der Waals surface area contributed by atoms with Crippen molar-refractivity contribution in [3.05, 3.63) is 0 Å². The Kier molecular flexibility index (Phi) is 4.00. The van der Waals surface area contributed by atoms with Gasteiger partial charge < -0.3 is 15.2 Å². The molecule has 2 heterocycles. The summed E-state index contributed by atoms with van der Waals surface area (Å²) in [7, 11) is -0.819. The van der Waals surface area contributed by atoms with Crippen LogP contribution < -0.4 is 5.73 Å². The van der Waals surface area contributed by atoms with E-state index in [1.165, 1.54) is 0 Å². The van der Waals surface area contributed by atoms with Crippen LogP contribution >= 0.6 is 0 Å². The summed E-state index contributed by atoms with van der Waals surface area (Å²) in [6.45, 7) is 4.05. The third-order valence-electron chi connectivity index (χ3n) is 3.31. The number of nitrogens with two attached hydrogens (primary N) is 1. The van der Waals surface area contributed by atoms with Crippen molar-refractivity contribution in [1.29, 1.82) is 0 Å². The predicted molar refractivity (Wildman–Crippen MR) is 63.8 cm³/mol. The lowest BCUT2D eigenvalue weighted by molar-refractivity contribution is -0.0774. The third kappa shape index (κ3) is 2.83. The second-order valence-electron chi connectivity index (χ2n) is 4.97. The van der Waals surface area contributed by atoms with Crippen molar-refractivity contribution in [2.24, 2.45) is 5.73 Å². The molecule has 94 valence electrons. The summed E-state index contributed by atoms with van der Waals surface area (Å²) in [5.41, 5.74) is 5.55. The first kappa shape index (κ1) is 12.5. The standard InChI is InChI=1S/C11H21NO3S/c1-9(12)7-16(13)10-2-4-15-11(6-10)3-5-14-8-11/h9-10H,2-8,12H2,1H3. The van der Waals surface area contributed by atoms with E-state index in [0.717, 1.165) is 25.9 Å². The highest BCUT2D eigenvalue weighted by Crippen LogP contribution is 2.34. The lowest BCUT2D eigenvalue weighted by Crippen LogP contribution is -2.45. The van der Waals surface area contributed by atoms with Crippen LogP contribution in [0.25, 0.3) is 0 Å². The van der Waals surface area contributed by atoms with Crippen LogP contribution in [0.3, 0.4) is 0 Å². The summed E-state index contributed by atoms with van der Waals surface area (Å²) >= 11 is 0. The van der Waals surface area contributed by atoms with E-state index in [2.05, 4.69) is 0 Å². The molecule has 2 fully saturated rings. The third-order valence-corrected chi connectivity index (χ3v) is 5.31.